The van der Waals surface area contributed by atoms with Gasteiger partial charge in [0, 0.05) is 12.1 Å². The van der Waals surface area contributed by atoms with Gasteiger partial charge in [-0.15, -0.1) is 0 Å². The van der Waals surface area contributed by atoms with Crippen molar-refractivity contribution in [3.05, 3.63) is 51.3 Å². The molecule has 0 bridgehead atoms. The van der Waals surface area contributed by atoms with Crippen molar-refractivity contribution in [2.24, 2.45) is 5.73 Å². The molecule has 9 nitrogen and oxygen atoms in total. The number of nitrogens with one attached hydrogen (secondary N) is 1. The van der Waals surface area contributed by atoms with Crippen LogP contribution in [0.25, 0.3) is 10.9 Å². The summed E-state index contributed by atoms with van der Waals surface area (Å²) in [6.07, 6.45) is 2.64. The molecule has 1 aromatic carbocycles. The molecule has 0 saturated heterocycles. The minimum Gasteiger partial charge on any atom is -0.382 e. The number of aromatic nitrogens is 4. The van der Waals surface area contributed by atoms with Crippen LogP contribution in [0.5, 0.6) is 0 Å². The quantitative estimate of drug-likeness (QED) is 0.592. The monoisotopic (exact) mass is 410 g/mol. The fourth-order valence-electron chi connectivity index (χ4n) is 3.61. The number of anilines is 2. The molecule has 5 N–H and O–H groups in total. The molecule has 2 heterocycles. The Morgan fingerprint density at radius 3 is 2.83 bits per heavy atom. The van der Waals surface area contributed by atoms with Crippen LogP contribution in [0.1, 0.15) is 43.2 Å². The summed E-state index contributed by atoms with van der Waals surface area (Å²) in [7, 11) is 0. The Kier molecular flexibility index (Phi) is 4.82. The van der Waals surface area contributed by atoms with Crippen LogP contribution < -0.4 is 22.3 Å². The largest absolute Gasteiger partial charge is 0.382 e. The van der Waals surface area contributed by atoms with Crippen molar-refractivity contribution in [1.82, 2.24) is 19.5 Å². The Balaban J connectivity index is 1.84. The van der Waals surface area contributed by atoms with Crippen molar-refractivity contribution in [2.45, 2.75) is 37.9 Å². The van der Waals surface area contributed by atoms with Gasteiger partial charge in [-0.2, -0.15) is 5.26 Å². The van der Waals surface area contributed by atoms with Gasteiger partial charge in [0.05, 0.1) is 22.0 Å². The third-order valence-corrected chi connectivity index (χ3v) is 5.46. The lowest BCUT2D eigenvalue weighted by Gasteiger charge is -2.36. The SMILES string of the molecule is C[C@H](Nc1ncnc(N)c1C#N)c1nc2cccc(Cl)c2c(=O)n1[C@H]1C[C@H](N)C1. The molecule has 1 aliphatic carbocycles. The van der Waals surface area contributed by atoms with Crippen LogP contribution in [-0.4, -0.2) is 25.6 Å². The molecule has 0 spiro atoms. The van der Waals surface area contributed by atoms with Crippen molar-refractivity contribution in [3.63, 3.8) is 0 Å². The minimum absolute atomic E-state index is 0.0526. The Labute approximate surface area is 171 Å². The first-order chi connectivity index (χ1) is 13.9. The summed E-state index contributed by atoms with van der Waals surface area (Å²) < 4.78 is 1.66. The van der Waals surface area contributed by atoms with Crippen LogP contribution >= 0.6 is 11.6 Å². The van der Waals surface area contributed by atoms with E-state index >= 15 is 0 Å². The number of rotatable bonds is 4. The number of nitrogens with zero attached hydrogens (tertiary/aromatic N) is 5. The van der Waals surface area contributed by atoms with Gasteiger partial charge in [0.25, 0.3) is 5.56 Å². The van der Waals surface area contributed by atoms with Gasteiger partial charge in [-0.25, -0.2) is 15.0 Å². The van der Waals surface area contributed by atoms with E-state index in [9.17, 15) is 10.1 Å². The van der Waals surface area contributed by atoms with Gasteiger partial charge in [0.1, 0.15) is 35.4 Å². The zero-order chi connectivity index (χ0) is 20.7. The molecule has 10 heteroatoms. The molecule has 29 heavy (non-hydrogen) atoms. The second kappa shape index (κ2) is 7.31. The summed E-state index contributed by atoms with van der Waals surface area (Å²) in [5, 5.41) is 13.3. The maximum Gasteiger partial charge on any atom is 0.263 e. The number of nitrogen functional groups attached to an aromatic ring is 1. The van der Waals surface area contributed by atoms with Gasteiger partial charge in [-0.1, -0.05) is 17.7 Å². The summed E-state index contributed by atoms with van der Waals surface area (Å²) in [5.41, 5.74) is 12.2. The number of halogens is 1. The second-order valence-electron chi connectivity index (χ2n) is 7.12. The van der Waals surface area contributed by atoms with E-state index in [1.165, 1.54) is 6.33 Å². The topological polar surface area (TPSA) is 149 Å². The van der Waals surface area contributed by atoms with E-state index in [-0.39, 0.29) is 34.8 Å². The fraction of sp³-hybridized carbons (Fsp3) is 0.316. The molecule has 4 rings (SSSR count). The highest BCUT2D eigenvalue weighted by molar-refractivity contribution is 6.35. The van der Waals surface area contributed by atoms with Crippen molar-refractivity contribution >= 4 is 34.1 Å². The lowest BCUT2D eigenvalue weighted by atomic mass is 9.87. The molecule has 0 amide bonds. The first-order valence-electron chi connectivity index (χ1n) is 9.14. The molecule has 1 fully saturated rings. The van der Waals surface area contributed by atoms with Gasteiger partial charge in [-0.05, 0) is 31.9 Å². The summed E-state index contributed by atoms with van der Waals surface area (Å²) in [5.74, 6) is 0.880. The molecule has 2 aromatic heterocycles. The van der Waals surface area contributed by atoms with E-state index in [0.717, 1.165) is 0 Å². The van der Waals surface area contributed by atoms with Crippen LogP contribution in [0.3, 0.4) is 0 Å². The Morgan fingerprint density at radius 1 is 1.38 bits per heavy atom. The van der Waals surface area contributed by atoms with Crippen LogP contribution in [0.2, 0.25) is 5.02 Å². The molecule has 3 aromatic rings. The Bertz CT molecular complexity index is 1200. The number of fused-ring (bicyclic) bond motifs is 1. The molecular weight excluding hydrogens is 392 g/mol. The lowest BCUT2D eigenvalue weighted by Crippen LogP contribution is -2.43. The molecule has 148 valence electrons. The summed E-state index contributed by atoms with van der Waals surface area (Å²) in [4.78, 5) is 26.0. The van der Waals surface area contributed by atoms with Gasteiger partial charge in [0.15, 0.2) is 0 Å². The smallest absolute Gasteiger partial charge is 0.263 e. The maximum absolute atomic E-state index is 13.3. The van der Waals surface area contributed by atoms with E-state index in [1.54, 1.807) is 22.8 Å². The lowest BCUT2D eigenvalue weighted by molar-refractivity contribution is 0.252. The second-order valence-corrected chi connectivity index (χ2v) is 7.53. The molecule has 0 aliphatic heterocycles. The van der Waals surface area contributed by atoms with Gasteiger partial charge in [0.2, 0.25) is 0 Å². The average molecular weight is 411 g/mol. The van der Waals surface area contributed by atoms with Crippen molar-refractivity contribution in [3.8, 4) is 6.07 Å². The van der Waals surface area contributed by atoms with Gasteiger partial charge in [-0.3, -0.25) is 9.36 Å². The molecule has 1 saturated carbocycles. The van der Waals surface area contributed by atoms with Gasteiger partial charge >= 0.3 is 0 Å². The van der Waals surface area contributed by atoms with Crippen LogP contribution in [0, 0.1) is 11.3 Å². The number of hydrogen-bond donors (Lipinski definition) is 3. The molecule has 1 aliphatic rings. The number of benzene rings is 1. The maximum atomic E-state index is 13.3. The van der Waals surface area contributed by atoms with Crippen LogP contribution in [0.15, 0.2) is 29.3 Å². The van der Waals surface area contributed by atoms with E-state index in [1.807, 2.05) is 13.0 Å². The zero-order valence-electron chi connectivity index (χ0n) is 15.6. The standard InChI is InChI=1S/C19H19ClN8O/c1-9(26-17-12(7-21)16(23)24-8-25-17)18-27-14-4-2-3-13(20)15(14)19(29)28(18)11-5-10(22)6-11/h2-4,8-11H,5-6,22H2,1H3,(H3,23,24,25,26)/t9-,10-,11-/m0/s1. The van der Waals surface area contributed by atoms with Crippen LogP contribution in [0.4, 0.5) is 11.6 Å². The van der Waals surface area contributed by atoms with E-state index in [4.69, 9.17) is 28.1 Å². The molecule has 0 radical (unpaired) electrons. The number of nitriles is 1. The number of nitrogens with two attached hydrogens (primary N) is 2. The highest BCUT2D eigenvalue weighted by Gasteiger charge is 2.32. The number of hydrogen-bond acceptors (Lipinski definition) is 8. The van der Waals surface area contributed by atoms with Crippen molar-refractivity contribution < 1.29 is 0 Å². The zero-order valence-corrected chi connectivity index (χ0v) is 16.4. The predicted octanol–water partition coefficient (Wildman–Crippen LogP) is 2.13. The summed E-state index contributed by atoms with van der Waals surface area (Å²) >= 11 is 6.29. The normalized spacial score (nSPS) is 19.4. The van der Waals surface area contributed by atoms with Gasteiger partial charge < -0.3 is 16.8 Å². The first-order valence-corrected chi connectivity index (χ1v) is 9.51. The summed E-state index contributed by atoms with van der Waals surface area (Å²) in [6, 6.07) is 6.73. The summed E-state index contributed by atoms with van der Waals surface area (Å²) in [6.45, 7) is 1.84. The van der Waals surface area contributed by atoms with E-state index < -0.39 is 6.04 Å². The predicted molar refractivity (Wildman–Crippen MR) is 110 cm³/mol. The Morgan fingerprint density at radius 2 is 2.14 bits per heavy atom. The third kappa shape index (κ3) is 3.26. The molecule has 1 atom stereocenters. The highest BCUT2D eigenvalue weighted by Crippen LogP contribution is 2.33. The van der Waals surface area contributed by atoms with E-state index in [2.05, 4.69) is 15.3 Å². The first kappa shape index (κ1) is 19.1. The minimum atomic E-state index is -0.440. The average Bonchev–Trinajstić information content (AvgIpc) is 2.66. The fourth-order valence-corrected chi connectivity index (χ4v) is 3.86. The van der Waals surface area contributed by atoms with E-state index in [0.29, 0.717) is 34.6 Å². The van der Waals surface area contributed by atoms with Crippen LogP contribution in [-0.2, 0) is 0 Å². The third-order valence-electron chi connectivity index (χ3n) is 5.15. The molecular formula is C19H19ClN8O. The van der Waals surface area contributed by atoms with Crippen molar-refractivity contribution in [2.75, 3.05) is 11.1 Å². The molecule has 0 unspecified atom stereocenters. The highest BCUT2D eigenvalue weighted by atomic mass is 35.5. The Hall–Kier alpha value is -3.22. The van der Waals surface area contributed by atoms with Crippen molar-refractivity contribution in [1.29, 1.82) is 5.26 Å².